The zero-order valence-corrected chi connectivity index (χ0v) is 9.47. The van der Waals surface area contributed by atoms with Crippen LogP contribution in [0.4, 0.5) is 0 Å². The first-order chi connectivity index (χ1) is 8.33. The highest BCUT2D eigenvalue weighted by Gasteiger charge is 2.01. The van der Waals surface area contributed by atoms with Crippen LogP contribution in [0.5, 0.6) is 5.75 Å². The molecule has 0 aliphatic heterocycles. The molecule has 0 atom stereocenters. The van der Waals surface area contributed by atoms with Crippen molar-refractivity contribution in [2.45, 2.75) is 0 Å². The number of benzene rings is 1. The predicted molar refractivity (Wildman–Crippen MR) is 67.3 cm³/mol. The van der Waals surface area contributed by atoms with Gasteiger partial charge < -0.3 is 9.72 Å². The van der Waals surface area contributed by atoms with E-state index in [4.69, 9.17) is 10.00 Å². The lowest BCUT2D eigenvalue weighted by Gasteiger charge is -2.01. The van der Waals surface area contributed by atoms with Crippen molar-refractivity contribution < 1.29 is 4.74 Å². The van der Waals surface area contributed by atoms with Gasteiger partial charge in [0.1, 0.15) is 5.75 Å². The Hall–Kier alpha value is -2.47. The molecule has 0 aliphatic carbocycles. The number of nitrogens with zero attached hydrogens (tertiary/aromatic N) is 1. The van der Waals surface area contributed by atoms with Gasteiger partial charge in [-0.3, -0.25) is 0 Å². The van der Waals surface area contributed by atoms with Crippen LogP contribution in [0.1, 0.15) is 11.3 Å². The molecule has 0 fully saturated rings. The molecular formula is C14H12N2O. The highest BCUT2D eigenvalue weighted by Crippen LogP contribution is 2.20. The minimum Gasteiger partial charge on any atom is -0.497 e. The molecule has 3 nitrogen and oxygen atoms in total. The van der Waals surface area contributed by atoms with Gasteiger partial charge in [-0.1, -0.05) is 0 Å². The molecule has 1 aromatic heterocycles. The number of hydrogen-bond acceptors (Lipinski definition) is 2. The fourth-order valence-electron chi connectivity index (χ4n) is 1.54. The molecule has 2 rings (SSSR count). The van der Waals surface area contributed by atoms with Crippen molar-refractivity contribution in [1.82, 2.24) is 4.98 Å². The van der Waals surface area contributed by atoms with E-state index in [0.717, 1.165) is 17.0 Å². The van der Waals surface area contributed by atoms with Crippen LogP contribution in [0.3, 0.4) is 0 Å². The summed E-state index contributed by atoms with van der Waals surface area (Å²) < 4.78 is 5.08. The summed E-state index contributed by atoms with van der Waals surface area (Å²) in [7, 11) is 1.62. The molecule has 1 N–H and O–H groups in total. The van der Waals surface area contributed by atoms with E-state index in [-0.39, 0.29) is 0 Å². The second-order valence-corrected chi connectivity index (χ2v) is 3.52. The number of hydrogen-bond donors (Lipinski definition) is 1. The molecule has 1 aromatic carbocycles. The van der Waals surface area contributed by atoms with Crippen LogP contribution in [-0.4, -0.2) is 12.1 Å². The first-order valence-corrected chi connectivity index (χ1v) is 5.23. The largest absolute Gasteiger partial charge is 0.497 e. The lowest BCUT2D eigenvalue weighted by Crippen LogP contribution is -1.85. The van der Waals surface area contributed by atoms with Crippen molar-refractivity contribution in [3.05, 3.63) is 53.9 Å². The quantitative estimate of drug-likeness (QED) is 0.814. The normalized spacial score (nSPS) is 10.9. The molecule has 2 aromatic rings. The summed E-state index contributed by atoms with van der Waals surface area (Å²) in [6.07, 6.45) is 3.65. The van der Waals surface area contributed by atoms with Crippen LogP contribution in [-0.2, 0) is 0 Å². The highest BCUT2D eigenvalue weighted by atomic mass is 16.5. The molecule has 3 heteroatoms. The van der Waals surface area contributed by atoms with Gasteiger partial charge in [0.2, 0.25) is 0 Å². The van der Waals surface area contributed by atoms with Crippen molar-refractivity contribution in [1.29, 1.82) is 5.26 Å². The summed E-state index contributed by atoms with van der Waals surface area (Å²) in [5.74, 6) is 0.783. The van der Waals surface area contributed by atoms with Crippen molar-refractivity contribution in [2.24, 2.45) is 0 Å². The van der Waals surface area contributed by atoms with E-state index in [1.807, 2.05) is 48.7 Å². The summed E-state index contributed by atoms with van der Waals surface area (Å²) in [5, 5.41) is 9.14. The van der Waals surface area contributed by atoms with Crippen LogP contribution in [0.2, 0.25) is 0 Å². The van der Waals surface area contributed by atoms with Crippen molar-refractivity contribution >= 4 is 11.6 Å². The van der Waals surface area contributed by atoms with Gasteiger partial charge >= 0.3 is 0 Å². The summed E-state index contributed by atoms with van der Waals surface area (Å²) >= 11 is 0. The van der Waals surface area contributed by atoms with Crippen LogP contribution in [0, 0.1) is 11.3 Å². The first-order valence-electron chi connectivity index (χ1n) is 5.23. The second kappa shape index (κ2) is 5.04. The Kier molecular flexibility index (Phi) is 3.27. The second-order valence-electron chi connectivity index (χ2n) is 3.52. The van der Waals surface area contributed by atoms with Crippen LogP contribution >= 0.6 is 0 Å². The van der Waals surface area contributed by atoms with Gasteiger partial charge in [0, 0.05) is 11.9 Å². The van der Waals surface area contributed by atoms with Crippen molar-refractivity contribution in [3.8, 4) is 11.8 Å². The zero-order valence-electron chi connectivity index (χ0n) is 9.47. The molecule has 1 heterocycles. The highest BCUT2D eigenvalue weighted by molar-refractivity contribution is 5.89. The topological polar surface area (TPSA) is 48.8 Å². The van der Waals surface area contributed by atoms with E-state index in [0.29, 0.717) is 5.57 Å². The maximum Gasteiger partial charge on any atom is 0.118 e. The summed E-state index contributed by atoms with van der Waals surface area (Å²) in [5.41, 5.74) is 2.41. The lowest BCUT2D eigenvalue weighted by molar-refractivity contribution is 0.415. The molecule has 0 unspecified atom stereocenters. The van der Waals surface area contributed by atoms with Crippen molar-refractivity contribution in [3.63, 3.8) is 0 Å². The number of rotatable bonds is 3. The van der Waals surface area contributed by atoms with E-state index in [9.17, 15) is 0 Å². The fourth-order valence-corrected chi connectivity index (χ4v) is 1.54. The van der Waals surface area contributed by atoms with Gasteiger partial charge in [-0.15, -0.1) is 0 Å². The Morgan fingerprint density at radius 1 is 1.29 bits per heavy atom. The van der Waals surface area contributed by atoms with Crippen LogP contribution in [0.25, 0.3) is 11.6 Å². The number of aromatic nitrogens is 1. The Bertz CT molecular complexity index is 545. The third-order valence-electron chi connectivity index (χ3n) is 2.44. The molecule has 0 spiro atoms. The van der Waals surface area contributed by atoms with Gasteiger partial charge in [-0.25, -0.2) is 0 Å². The van der Waals surface area contributed by atoms with Crippen LogP contribution in [0.15, 0.2) is 42.6 Å². The molecule has 0 saturated heterocycles. The minimum atomic E-state index is 0.620. The molecular weight excluding hydrogens is 212 g/mol. The number of H-pyrrole nitrogens is 1. The van der Waals surface area contributed by atoms with E-state index in [1.165, 1.54) is 0 Å². The van der Waals surface area contributed by atoms with Gasteiger partial charge in [0.15, 0.2) is 0 Å². The smallest absolute Gasteiger partial charge is 0.118 e. The number of nitrogens with one attached hydrogen (secondary N) is 1. The van der Waals surface area contributed by atoms with Crippen LogP contribution < -0.4 is 4.74 Å². The summed E-state index contributed by atoms with van der Waals surface area (Å²) in [6, 6.07) is 13.4. The first kappa shape index (κ1) is 11.0. The molecule has 0 aliphatic rings. The summed E-state index contributed by atoms with van der Waals surface area (Å²) in [6.45, 7) is 0. The molecule has 84 valence electrons. The zero-order chi connectivity index (χ0) is 12.1. The van der Waals surface area contributed by atoms with Gasteiger partial charge in [0.25, 0.3) is 0 Å². The summed E-state index contributed by atoms with van der Waals surface area (Å²) in [4.78, 5) is 3.04. The van der Waals surface area contributed by atoms with E-state index < -0.39 is 0 Å². The monoisotopic (exact) mass is 224 g/mol. The number of aromatic amines is 1. The van der Waals surface area contributed by atoms with Gasteiger partial charge in [-0.05, 0) is 48.0 Å². The van der Waals surface area contributed by atoms with E-state index in [2.05, 4.69) is 11.1 Å². The minimum absolute atomic E-state index is 0.620. The van der Waals surface area contributed by atoms with E-state index in [1.54, 1.807) is 7.11 Å². The van der Waals surface area contributed by atoms with Gasteiger partial charge in [0.05, 0.1) is 18.8 Å². The third-order valence-corrected chi connectivity index (χ3v) is 2.44. The molecule has 0 bridgehead atoms. The van der Waals surface area contributed by atoms with Gasteiger partial charge in [-0.2, -0.15) is 5.26 Å². The molecule has 0 radical (unpaired) electrons. The Labute approximate surface area is 100.0 Å². The average Bonchev–Trinajstić information content (AvgIpc) is 2.89. The average molecular weight is 224 g/mol. The maximum absolute atomic E-state index is 9.14. The Morgan fingerprint density at radius 2 is 2.06 bits per heavy atom. The molecule has 0 saturated carbocycles. The third kappa shape index (κ3) is 2.56. The fraction of sp³-hybridized carbons (Fsp3) is 0.0714. The lowest BCUT2D eigenvalue weighted by atomic mass is 10.1. The maximum atomic E-state index is 9.14. The number of nitriles is 1. The predicted octanol–water partition coefficient (Wildman–Crippen LogP) is 3.09. The van der Waals surface area contributed by atoms with Crippen molar-refractivity contribution in [2.75, 3.05) is 7.11 Å². The number of ether oxygens (including phenoxy) is 1. The standard InChI is InChI=1S/C14H12N2O/c1-17-14-6-4-11(5-7-14)12(10-15)9-13-3-2-8-16-13/h2-9,16H,1H3/b12-9+. The van der Waals surface area contributed by atoms with E-state index >= 15 is 0 Å². The SMILES string of the molecule is COc1ccc(/C(C#N)=C/c2ccc[nH]2)cc1. The number of methoxy groups -OCH3 is 1. The number of allylic oxidation sites excluding steroid dienone is 1. The molecule has 17 heavy (non-hydrogen) atoms. The Morgan fingerprint density at radius 3 is 2.59 bits per heavy atom. The molecule has 0 amide bonds. The Balaban J connectivity index is 2.33.